The summed E-state index contributed by atoms with van der Waals surface area (Å²) in [4.78, 5) is 0.364. The molecule has 0 heterocycles. The van der Waals surface area contributed by atoms with Gasteiger partial charge in [0, 0.05) is 5.02 Å². The maximum atomic E-state index is 11.9. The van der Waals surface area contributed by atoms with Crippen LogP contribution in [0.3, 0.4) is 0 Å². The van der Waals surface area contributed by atoms with Crippen LogP contribution in [-0.2, 0) is 9.84 Å². The van der Waals surface area contributed by atoms with Crippen LogP contribution in [0.15, 0.2) is 23.1 Å². The molecule has 2 nitrogen and oxygen atoms in total. The summed E-state index contributed by atoms with van der Waals surface area (Å²) in [6.45, 7) is 3.76. The Morgan fingerprint density at radius 2 is 2.00 bits per heavy atom. The largest absolute Gasteiger partial charge is 0.224 e. The second kappa shape index (κ2) is 4.99. The first-order valence-corrected chi connectivity index (χ1v) is 6.99. The monoisotopic (exact) mass is 246 g/mol. The van der Waals surface area contributed by atoms with Crippen LogP contribution in [0.1, 0.15) is 25.3 Å². The van der Waals surface area contributed by atoms with Crippen LogP contribution in [0.5, 0.6) is 0 Å². The molecular weight excluding hydrogens is 232 g/mol. The second-order valence-electron chi connectivity index (χ2n) is 3.58. The van der Waals surface area contributed by atoms with E-state index in [-0.39, 0.29) is 5.75 Å². The molecule has 0 saturated carbocycles. The van der Waals surface area contributed by atoms with Gasteiger partial charge in [-0.15, -0.1) is 0 Å². The predicted octanol–water partition coefficient (Wildman–Crippen LogP) is 3.22. The lowest BCUT2D eigenvalue weighted by Crippen LogP contribution is -2.08. The van der Waals surface area contributed by atoms with Crippen LogP contribution in [0, 0.1) is 6.92 Å². The minimum Gasteiger partial charge on any atom is -0.224 e. The van der Waals surface area contributed by atoms with Crippen molar-refractivity contribution in [3.05, 3.63) is 28.8 Å². The van der Waals surface area contributed by atoms with E-state index < -0.39 is 9.84 Å². The molecular formula is C11H15ClO2S. The van der Waals surface area contributed by atoms with E-state index in [0.717, 1.165) is 12.0 Å². The van der Waals surface area contributed by atoms with Crippen molar-refractivity contribution in [2.75, 3.05) is 5.75 Å². The van der Waals surface area contributed by atoms with Crippen molar-refractivity contribution in [3.63, 3.8) is 0 Å². The molecule has 15 heavy (non-hydrogen) atoms. The normalized spacial score (nSPS) is 11.7. The molecule has 0 radical (unpaired) electrons. The van der Waals surface area contributed by atoms with Gasteiger partial charge in [-0.25, -0.2) is 8.42 Å². The molecule has 0 bridgehead atoms. The van der Waals surface area contributed by atoms with Gasteiger partial charge < -0.3 is 0 Å². The van der Waals surface area contributed by atoms with Crippen LogP contribution in [0.25, 0.3) is 0 Å². The molecule has 1 aromatic rings. The fraction of sp³-hybridized carbons (Fsp3) is 0.455. The smallest absolute Gasteiger partial charge is 0.178 e. The minimum absolute atomic E-state index is 0.199. The molecule has 1 rings (SSSR count). The van der Waals surface area contributed by atoms with E-state index in [4.69, 9.17) is 11.6 Å². The van der Waals surface area contributed by atoms with Gasteiger partial charge in [-0.3, -0.25) is 0 Å². The quantitative estimate of drug-likeness (QED) is 0.818. The van der Waals surface area contributed by atoms with E-state index in [1.165, 1.54) is 6.07 Å². The van der Waals surface area contributed by atoms with Crippen LogP contribution in [-0.4, -0.2) is 14.2 Å². The van der Waals surface area contributed by atoms with Gasteiger partial charge in [-0.05, 0) is 31.0 Å². The fourth-order valence-corrected chi connectivity index (χ4v) is 3.34. The van der Waals surface area contributed by atoms with Crippen molar-refractivity contribution in [1.29, 1.82) is 0 Å². The van der Waals surface area contributed by atoms with Crippen LogP contribution >= 0.6 is 11.6 Å². The number of aryl methyl sites for hydroxylation is 1. The molecule has 0 aliphatic carbocycles. The first-order valence-electron chi connectivity index (χ1n) is 4.96. The SMILES string of the molecule is CCCCS(=O)(=O)c1cc(Cl)ccc1C. The van der Waals surface area contributed by atoms with Crippen molar-refractivity contribution >= 4 is 21.4 Å². The molecule has 4 heteroatoms. The summed E-state index contributed by atoms with van der Waals surface area (Å²) >= 11 is 5.79. The Kier molecular flexibility index (Phi) is 4.17. The van der Waals surface area contributed by atoms with Gasteiger partial charge in [0.05, 0.1) is 10.6 Å². The van der Waals surface area contributed by atoms with Gasteiger partial charge >= 0.3 is 0 Å². The molecule has 84 valence electrons. The standard InChI is InChI=1S/C11H15ClO2S/c1-3-4-7-15(13,14)11-8-10(12)6-5-9(11)2/h5-6,8H,3-4,7H2,1-2H3. The number of benzene rings is 1. The van der Waals surface area contributed by atoms with Crippen molar-refractivity contribution in [3.8, 4) is 0 Å². The Balaban J connectivity index is 3.09. The van der Waals surface area contributed by atoms with E-state index in [2.05, 4.69) is 0 Å². The van der Waals surface area contributed by atoms with E-state index in [1.54, 1.807) is 19.1 Å². The Labute approximate surface area is 96.2 Å². The molecule has 1 aromatic carbocycles. The Bertz CT molecular complexity index is 438. The number of unbranched alkanes of at least 4 members (excludes halogenated alkanes) is 1. The van der Waals surface area contributed by atoms with E-state index in [9.17, 15) is 8.42 Å². The fourth-order valence-electron chi connectivity index (χ4n) is 1.35. The van der Waals surface area contributed by atoms with Gasteiger partial charge in [0.1, 0.15) is 0 Å². The average Bonchev–Trinajstić information content (AvgIpc) is 2.18. The average molecular weight is 247 g/mol. The zero-order valence-electron chi connectivity index (χ0n) is 8.96. The maximum Gasteiger partial charge on any atom is 0.178 e. The number of halogens is 1. The summed E-state index contributed by atoms with van der Waals surface area (Å²) in [5, 5.41) is 0.468. The molecule has 0 spiro atoms. The summed E-state index contributed by atoms with van der Waals surface area (Å²) in [6.07, 6.45) is 1.56. The van der Waals surface area contributed by atoms with Gasteiger partial charge in [-0.2, -0.15) is 0 Å². The number of hydrogen-bond donors (Lipinski definition) is 0. The molecule has 0 unspecified atom stereocenters. The molecule has 0 saturated heterocycles. The minimum atomic E-state index is -3.16. The first kappa shape index (κ1) is 12.5. The summed E-state index contributed by atoms with van der Waals surface area (Å²) in [5.74, 6) is 0.199. The molecule has 0 aliphatic rings. The summed E-state index contributed by atoms with van der Waals surface area (Å²) in [6, 6.07) is 4.97. The second-order valence-corrected chi connectivity index (χ2v) is 6.10. The van der Waals surface area contributed by atoms with E-state index in [0.29, 0.717) is 16.3 Å². The van der Waals surface area contributed by atoms with Crippen molar-refractivity contribution in [2.24, 2.45) is 0 Å². The zero-order valence-corrected chi connectivity index (χ0v) is 10.5. The lowest BCUT2D eigenvalue weighted by molar-refractivity contribution is 0.592. The Morgan fingerprint density at radius 3 is 2.60 bits per heavy atom. The highest BCUT2D eigenvalue weighted by atomic mass is 35.5. The van der Waals surface area contributed by atoms with Gasteiger partial charge in [-0.1, -0.05) is 31.0 Å². The van der Waals surface area contributed by atoms with Gasteiger partial charge in [0.15, 0.2) is 9.84 Å². The van der Waals surface area contributed by atoms with Crippen LogP contribution in [0.2, 0.25) is 5.02 Å². The first-order chi connectivity index (χ1) is 6.97. The van der Waals surface area contributed by atoms with Crippen molar-refractivity contribution < 1.29 is 8.42 Å². The lowest BCUT2D eigenvalue weighted by Gasteiger charge is -2.07. The van der Waals surface area contributed by atoms with E-state index >= 15 is 0 Å². The number of rotatable bonds is 4. The Hall–Kier alpha value is -0.540. The highest BCUT2D eigenvalue weighted by molar-refractivity contribution is 7.91. The Morgan fingerprint density at radius 1 is 1.33 bits per heavy atom. The molecule has 0 fully saturated rings. The maximum absolute atomic E-state index is 11.9. The lowest BCUT2D eigenvalue weighted by atomic mass is 10.2. The highest BCUT2D eigenvalue weighted by Gasteiger charge is 2.16. The molecule has 0 amide bonds. The summed E-state index contributed by atoms with van der Waals surface area (Å²) < 4.78 is 23.8. The third-order valence-electron chi connectivity index (χ3n) is 2.25. The van der Waals surface area contributed by atoms with Crippen LogP contribution in [0.4, 0.5) is 0 Å². The number of sulfone groups is 1. The van der Waals surface area contributed by atoms with Crippen molar-refractivity contribution in [1.82, 2.24) is 0 Å². The zero-order chi connectivity index (χ0) is 11.5. The molecule has 0 aromatic heterocycles. The molecule has 0 N–H and O–H groups in total. The molecule has 0 aliphatic heterocycles. The summed E-state index contributed by atoms with van der Waals surface area (Å²) in [7, 11) is -3.16. The predicted molar refractivity (Wildman–Crippen MR) is 63.1 cm³/mol. The third-order valence-corrected chi connectivity index (χ3v) is 4.42. The summed E-state index contributed by atoms with van der Waals surface area (Å²) in [5.41, 5.74) is 0.760. The van der Waals surface area contributed by atoms with Gasteiger partial charge in [0.25, 0.3) is 0 Å². The topological polar surface area (TPSA) is 34.1 Å². The molecule has 0 atom stereocenters. The van der Waals surface area contributed by atoms with Gasteiger partial charge in [0.2, 0.25) is 0 Å². The third kappa shape index (κ3) is 3.21. The van der Waals surface area contributed by atoms with Crippen molar-refractivity contribution in [2.45, 2.75) is 31.6 Å². The highest BCUT2D eigenvalue weighted by Crippen LogP contribution is 2.21. The number of hydrogen-bond acceptors (Lipinski definition) is 2. The van der Waals surface area contributed by atoms with E-state index in [1.807, 2.05) is 6.92 Å². The van der Waals surface area contributed by atoms with Crippen LogP contribution < -0.4 is 0 Å².